The fourth-order valence-electron chi connectivity index (χ4n) is 8.88. The van der Waals surface area contributed by atoms with Gasteiger partial charge in [-0.3, -0.25) is 4.79 Å². The first-order valence-electron chi connectivity index (χ1n) is 26.4. The smallest absolute Gasteiger partial charge is 0.220 e. The van der Waals surface area contributed by atoms with Crippen molar-refractivity contribution in [1.29, 1.82) is 0 Å². The van der Waals surface area contributed by atoms with Crippen LogP contribution in [-0.4, -0.2) is 140 Å². The van der Waals surface area contributed by atoms with Gasteiger partial charge in [-0.15, -0.1) is 0 Å². The third-order valence-corrected chi connectivity index (χ3v) is 13.2. The number of amides is 1. The van der Waals surface area contributed by atoms with E-state index in [0.717, 1.165) is 44.9 Å². The molecule has 2 saturated heterocycles. The fourth-order valence-corrected chi connectivity index (χ4v) is 8.88. The van der Waals surface area contributed by atoms with Gasteiger partial charge in [-0.1, -0.05) is 199 Å². The molecule has 14 heteroatoms. The summed E-state index contributed by atoms with van der Waals surface area (Å²) >= 11 is 0. The van der Waals surface area contributed by atoms with Crippen LogP contribution in [0.1, 0.15) is 213 Å². The zero-order chi connectivity index (χ0) is 47.5. The van der Waals surface area contributed by atoms with E-state index in [-0.39, 0.29) is 18.9 Å². The molecule has 2 aliphatic rings. The second kappa shape index (κ2) is 38.6. The van der Waals surface area contributed by atoms with Crippen molar-refractivity contribution in [3.8, 4) is 0 Å². The average Bonchev–Trinajstić information content (AvgIpc) is 3.30. The number of hydrogen-bond acceptors (Lipinski definition) is 13. The second-order valence-electron chi connectivity index (χ2n) is 19.0. The molecule has 2 rings (SSSR count). The number of carbonyl (C=O) groups is 1. The molecule has 0 spiro atoms. The Morgan fingerprint density at radius 3 is 1.42 bits per heavy atom. The minimum Gasteiger partial charge on any atom is -0.394 e. The summed E-state index contributed by atoms with van der Waals surface area (Å²) in [5, 5.41) is 86.3. The standard InChI is InChI=1S/C51H97NO13/c1-3-5-7-9-10-11-12-13-14-15-16-17-18-19-20-21-22-23-24-25-26-27-28-29-31-32-34-40(55)39(52-43(56)35-33-30-8-6-4-2)38-62-50-48(61)46(59)49(42(37-54)64-50)65-51-47(60)45(58)44(57)41(36-53)63-51/h32,34,39-42,44-51,53-55,57-61H,3-31,33,35-38H2,1-2H3,(H,52,56)/b34-32+. The molecule has 0 aromatic carbocycles. The normalized spacial score (nSPS) is 27.0. The van der Waals surface area contributed by atoms with E-state index in [2.05, 4.69) is 19.2 Å². The molecule has 384 valence electrons. The molecular weight excluding hydrogens is 835 g/mol. The van der Waals surface area contributed by atoms with Crippen molar-refractivity contribution in [2.45, 2.75) is 286 Å². The summed E-state index contributed by atoms with van der Waals surface area (Å²) in [5.41, 5.74) is 0. The van der Waals surface area contributed by atoms with Gasteiger partial charge in [-0.25, -0.2) is 0 Å². The van der Waals surface area contributed by atoms with Crippen molar-refractivity contribution in [2.75, 3.05) is 19.8 Å². The predicted molar refractivity (Wildman–Crippen MR) is 254 cm³/mol. The third-order valence-electron chi connectivity index (χ3n) is 13.2. The van der Waals surface area contributed by atoms with Crippen LogP contribution in [0.2, 0.25) is 0 Å². The van der Waals surface area contributed by atoms with Gasteiger partial charge in [-0.05, 0) is 19.3 Å². The lowest BCUT2D eigenvalue weighted by Crippen LogP contribution is -2.65. The van der Waals surface area contributed by atoms with Gasteiger partial charge in [0.1, 0.15) is 48.8 Å². The Hall–Kier alpha value is -1.27. The van der Waals surface area contributed by atoms with Gasteiger partial charge < -0.3 is 65.1 Å². The van der Waals surface area contributed by atoms with Gasteiger partial charge in [0.25, 0.3) is 0 Å². The Labute approximate surface area is 393 Å². The Bertz CT molecular complexity index is 1150. The Morgan fingerprint density at radius 1 is 0.538 bits per heavy atom. The highest BCUT2D eigenvalue weighted by atomic mass is 16.7. The minimum absolute atomic E-state index is 0.251. The highest BCUT2D eigenvalue weighted by molar-refractivity contribution is 5.76. The van der Waals surface area contributed by atoms with Crippen LogP contribution in [0.5, 0.6) is 0 Å². The molecule has 14 nitrogen and oxygen atoms in total. The summed E-state index contributed by atoms with van der Waals surface area (Å²) in [6.07, 6.45) is 24.7. The van der Waals surface area contributed by atoms with Crippen LogP contribution in [0.3, 0.4) is 0 Å². The number of hydrogen-bond donors (Lipinski definition) is 9. The van der Waals surface area contributed by atoms with Crippen LogP contribution < -0.4 is 5.32 Å². The topological polar surface area (TPSA) is 228 Å². The molecule has 9 N–H and O–H groups in total. The molecule has 1 amide bonds. The lowest BCUT2D eigenvalue weighted by Gasteiger charge is -2.46. The number of carbonyl (C=O) groups excluding carboxylic acids is 1. The Kier molecular flexibility index (Phi) is 35.5. The van der Waals surface area contributed by atoms with Gasteiger partial charge >= 0.3 is 0 Å². The van der Waals surface area contributed by atoms with E-state index in [4.69, 9.17) is 18.9 Å². The van der Waals surface area contributed by atoms with Crippen molar-refractivity contribution < 1.29 is 64.6 Å². The van der Waals surface area contributed by atoms with E-state index in [1.807, 2.05) is 6.08 Å². The first-order valence-corrected chi connectivity index (χ1v) is 26.4. The Morgan fingerprint density at radius 2 is 0.954 bits per heavy atom. The molecule has 0 saturated carbocycles. The van der Waals surface area contributed by atoms with Crippen LogP contribution in [-0.2, 0) is 23.7 Å². The quantitative estimate of drug-likeness (QED) is 0.0219. The summed E-state index contributed by atoms with van der Waals surface area (Å²) in [6, 6.07) is -0.905. The van der Waals surface area contributed by atoms with Gasteiger partial charge in [-0.2, -0.15) is 0 Å². The Balaban J connectivity index is 1.67. The summed E-state index contributed by atoms with van der Waals surface area (Å²) in [6.45, 7) is 2.70. The maximum absolute atomic E-state index is 12.9. The summed E-state index contributed by atoms with van der Waals surface area (Å²) in [5.74, 6) is -0.251. The SMILES string of the molecule is CCCCCCCCCCCCCCCCCCCCCCCCCC/C=C/C(O)C(COC1OC(CO)C(OC2OC(CO)C(O)C(O)C2O)C(O)C1O)NC(=O)CCCCCCC. The van der Waals surface area contributed by atoms with Crippen LogP contribution in [0, 0.1) is 0 Å². The number of aliphatic hydroxyl groups excluding tert-OH is 8. The molecule has 2 aliphatic heterocycles. The van der Waals surface area contributed by atoms with E-state index in [1.54, 1.807) is 6.08 Å². The first-order chi connectivity index (χ1) is 31.6. The number of rotatable bonds is 41. The van der Waals surface area contributed by atoms with Crippen molar-refractivity contribution in [1.82, 2.24) is 5.32 Å². The molecule has 0 aromatic heterocycles. The van der Waals surface area contributed by atoms with Gasteiger partial charge in [0.2, 0.25) is 5.91 Å². The van der Waals surface area contributed by atoms with E-state index < -0.39 is 86.8 Å². The van der Waals surface area contributed by atoms with Gasteiger partial charge in [0, 0.05) is 6.42 Å². The van der Waals surface area contributed by atoms with E-state index in [0.29, 0.717) is 6.42 Å². The molecule has 2 heterocycles. The van der Waals surface area contributed by atoms with E-state index in [9.17, 15) is 45.6 Å². The fraction of sp³-hybridized carbons (Fsp3) is 0.941. The molecule has 0 aliphatic carbocycles. The number of unbranched alkanes of at least 4 members (excludes halogenated alkanes) is 28. The van der Waals surface area contributed by atoms with E-state index in [1.165, 1.54) is 141 Å². The van der Waals surface area contributed by atoms with Crippen molar-refractivity contribution in [2.24, 2.45) is 0 Å². The van der Waals surface area contributed by atoms with Crippen molar-refractivity contribution in [3.63, 3.8) is 0 Å². The van der Waals surface area contributed by atoms with Crippen LogP contribution in [0.15, 0.2) is 12.2 Å². The van der Waals surface area contributed by atoms with Crippen molar-refractivity contribution in [3.05, 3.63) is 12.2 Å². The minimum atomic E-state index is -1.78. The van der Waals surface area contributed by atoms with Crippen molar-refractivity contribution >= 4 is 5.91 Å². The molecule has 12 unspecified atom stereocenters. The lowest BCUT2D eigenvalue weighted by molar-refractivity contribution is -0.359. The predicted octanol–water partition coefficient (Wildman–Crippen LogP) is 7.16. The largest absolute Gasteiger partial charge is 0.394 e. The average molecular weight is 932 g/mol. The molecule has 12 atom stereocenters. The molecular formula is C51H97NO13. The second-order valence-corrected chi connectivity index (χ2v) is 19.0. The highest BCUT2D eigenvalue weighted by Crippen LogP contribution is 2.30. The summed E-state index contributed by atoms with van der Waals surface area (Å²) in [4.78, 5) is 12.9. The monoisotopic (exact) mass is 932 g/mol. The molecule has 2 fully saturated rings. The van der Waals surface area contributed by atoms with Crippen LogP contribution in [0.4, 0.5) is 0 Å². The molecule has 0 aromatic rings. The number of aliphatic hydroxyl groups is 8. The summed E-state index contributed by atoms with van der Waals surface area (Å²) < 4.78 is 22.6. The maximum Gasteiger partial charge on any atom is 0.220 e. The summed E-state index contributed by atoms with van der Waals surface area (Å²) in [7, 11) is 0. The maximum atomic E-state index is 12.9. The lowest BCUT2D eigenvalue weighted by atomic mass is 9.97. The molecule has 65 heavy (non-hydrogen) atoms. The number of nitrogens with one attached hydrogen (secondary N) is 1. The zero-order valence-corrected chi connectivity index (χ0v) is 40.7. The van der Waals surface area contributed by atoms with E-state index >= 15 is 0 Å². The first kappa shape index (κ1) is 59.9. The van der Waals surface area contributed by atoms with Gasteiger partial charge in [0.15, 0.2) is 12.6 Å². The third kappa shape index (κ3) is 25.8. The van der Waals surface area contributed by atoms with Crippen LogP contribution in [0.25, 0.3) is 0 Å². The van der Waals surface area contributed by atoms with Crippen LogP contribution >= 0.6 is 0 Å². The number of ether oxygens (including phenoxy) is 4. The highest BCUT2D eigenvalue weighted by Gasteiger charge is 2.51. The molecule has 0 bridgehead atoms. The van der Waals surface area contributed by atoms with Gasteiger partial charge in [0.05, 0.1) is 32.0 Å². The number of allylic oxidation sites excluding steroid dienone is 1. The molecule has 0 radical (unpaired) electrons. The zero-order valence-electron chi connectivity index (χ0n) is 40.7.